The predicted molar refractivity (Wildman–Crippen MR) is 67.0 cm³/mol. The molecule has 0 saturated carbocycles. The molecule has 2 aliphatic rings. The molecule has 0 radical (unpaired) electrons. The summed E-state index contributed by atoms with van der Waals surface area (Å²) < 4.78 is 5.00. The molecular formula is C14H18N2O2. The minimum absolute atomic E-state index is 0.221. The van der Waals surface area contributed by atoms with Crippen LogP contribution in [0.15, 0.2) is 18.3 Å². The second-order valence-corrected chi connectivity index (χ2v) is 5.03. The van der Waals surface area contributed by atoms with E-state index >= 15 is 0 Å². The fraction of sp³-hybridized carbons (Fsp3) is 0.571. The molecule has 1 aromatic rings. The van der Waals surface area contributed by atoms with Gasteiger partial charge in [-0.2, -0.15) is 0 Å². The van der Waals surface area contributed by atoms with Gasteiger partial charge in [-0.05, 0) is 24.5 Å². The van der Waals surface area contributed by atoms with Gasteiger partial charge in [-0.25, -0.2) is 0 Å². The van der Waals surface area contributed by atoms with Gasteiger partial charge >= 0.3 is 0 Å². The van der Waals surface area contributed by atoms with Crippen LogP contribution in [0.1, 0.15) is 36.6 Å². The summed E-state index contributed by atoms with van der Waals surface area (Å²) in [6.07, 6.45) is 5.41. The van der Waals surface area contributed by atoms with Crippen molar-refractivity contribution in [2.45, 2.75) is 37.8 Å². The third-order valence-corrected chi connectivity index (χ3v) is 4.02. The standard InChI is InChI=1S/C14H18N2O2/c1-18-8-6-14(17)16-10-4-5-13(16)11-3-2-7-15-12(11)9-10/h2-3,7,10,13H,4-6,8-9H2,1H3/t10-,13+/m0/s1. The Bertz CT molecular complexity index is 461. The van der Waals surface area contributed by atoms with Crippen molar-refractivity contribution in [3.63, 3.8) is 0 Å². The van der Waals surface area contributed by atoms with E-state index in [-0.39, 0.29) is 11.9 Å². The molecule has 2 atom stereocenters. The van der Waals surface area contributed by atoms with Crippen molar-refractivity contribution in [2.24, 2.45) is 0 Å². The molecule has 1 saturated heterocycles. The van der Waals surface area contributed by atoms with E-state index in [9.17, 15) is 4.79 Å². The largest absolute Gasteiger partial charge is 0.384 e. The predicted octanol–water partition coefficient (Wildman–Crippen LogP) is 1.71. The van der Waals surface area contributed by atoms with Gasteiger partial charge in [0, 0.05) is 31.5 Å². The van der Waals surface area contributed by atoms with Gasteiger partial charge in [-0.3, -0.25) is 9.78 Å². The quantitative estimate of drug-likeness (QED) is 0.815. The van der Waals surface area contributed by atoms with Gasteiger partial charge in [0.2, 0.25) is 5.91 Å². The number of amides is 1. The number of hydrogen-bond donors (Lipinski definition) is 0. The fourth-order valence-electron chi connectivity index (χ4n) is 3.23. The zero-order valence-corrected chi connectivity index (χ0v) is 10.6. The summed E-state index contributed by atoms with van der Waals surface area (Å²) in [4.78, 5) is 18.8. The number of ether oxygens (including phenoxy) is 1. The number of nitrogens with zero attached hydrogens (tertiary/aromatic N) is 2. The number of fused-ring (bicyclic) bond motifs is 4. The van der Waals surface area contributed by atoms with E-state index in [0.717, 1.165) is 19.3 Å². The number of carbonyl (C=O) groups excluding carboxylic acids is 1. The Morgan fingerprint density at radius 2 is 2.44 bits per heavy atom. The van der Waals surface area contributed by atoms with E-state index in [1.165, 1.54) is 11.3 Å². The van der Waals surface area contributed by atoms with Gasteiger partial charge in [0.1, 0.15) is 0 Å². The maximum Gasteiger partial charge on any atom is 0.225 e. The lowest BCUT2D eigenvalue weighted by Gasteiger charge is -2.35. The Kier molecular flexibility index (Phi) is 3.04. The first-order valence-electron chi connectivity index (χ1n) is 6.55. The molecule has 0 N–H and O–H groups in total. The van der Waals surface area contributed by atoms with Crippen LogP contribution < -0.4 is 0 Å². The maximum atomic E-state index is 12.3. The van der Waals surface area contributed by atoms with Crippen LogP contribution in [0, 0.1) is 0 Å². The highest BCUT2D eigenvalue weighted by Crippen LogP contribution is 2.43. The van der Waals surface area contributed by atoms with Gasteiger partial charge in [-0.1, -0.05) is 6.07 Å². The van der Waals surface area contributed by atoms with E-state index in [1.54, 1.807) is 7.11 Å². The van der Waals surface area contributed by atoms with Crippen LogP contribution >= 0.6 is 0 Å². The summed E-state index contributed by atoms with van der Waals surface area (Å²) in [7, 11) is 1.64. The second kappa shape index (κ2) is 4.69. The number of carbonyl (C=O) groups is 1. The lowest BCUT2D eigenvalue weighted by Crippen LogP contribution is -2.42. The van der Waals surface area contributed by atoms with E-state index in [0.29, 0.717) is 19.1 Å². The summed E-state index contributed by atoms with van der Waals surface area (Å²) in [6.45, 7) is 0.509. The molecule has 2 aliphatic heterocycles. The highest BCUT2D eigenvalue weighted by Gasteiger charge is 2.42. The van der Waals surface area contributed by atoms with Crippen LogP contribution in [-0.4, -0.2) is 35.5 Å². The molecule has 0 spiro atoms. The lowest BCUT2D eigenvalue weighted by molar-refractivity contribution is -0.135. The van der Waals surface area contributed by atoms with Gasteiger partial charge in [0.25, 0.3) is 0 Å². The molecule has 18 heavy (non-hydrogen) atoms. The third-order valence-electron chi connectivity index (χ3n) is 4.02. The minimum atomic E-state index is 0.221. The van der Waals surface area contributed by atoms with Crippen molar-refractivity contribution < 1.29 is 9.53 Å². The molecule has 0 aromatic carbocycles. The average molecular weight is 246 g/mol. The van der Waals surface area contributed by atoms with Gasteiger partial charge in [-0.15, -0.1) is 0 Å². The first kappa shape index (κ1) is 11.7. The van der Waals surface area contributed by atoms with Crippen molar-refractivity contribution in [3.05, 3.63) is 29.6 Å². The Labute approximate surface area is 107 Å². The summed E-state index contributed by atoms with van der Waals surface area (Å²) in [5, 5.41) is 0. The van der Waals surface area contributed by atoms with Gasteiger partial charge in [0.05, 0.1) is 19.1 Å². The molecule has 1 amide bonds. The minimum Gasteiger partial charge on any atom is -0.384 e. The Balaban J connectivity index is 1.85. The normalized spacial score (nSPS) is 25.1. The molecule has 0 aliphatic carbocycles. The van der Waals surface area contributed by atoms with Gasteiger partial charge in [0.15, 0.2) is 0 Å². The number of rotatable bonds is 3. The Hall–Kier alpha value is -1.42. The topological polar surface area (TPSA) is 42.4 Å². The van der Waals surface area contributed by atoms with Crippen LogP contribution in [0.25, 0.3) is 0 Å². The van der Waals surface area contributed by atoms with E-state index in [4.69, 9.17) is 4.74 Å². The van der Waals surface area contributed by atoms with E-state index in [1.807, 2.05) is 12.3 Å². The number of pyridine rings is 1. The Morgan fingerprint density at radius 1 is 1.56 bits per heavy atom. The van der Waals surface area contributed by atoms with Crippen molar-refractivity contribution in [1.82, 2.24) is 9.88 Å². The molecule has 3 heterocycles. The van der Waals surface area contributed by atoms with Crippen molar-refractivity contribution in [1.29, 1.82) is 0 Å². The van der Waals surface area contributed by atoms with Crippen LogP contribution in [-0.2, 0) is 16.0 Å². The Morgan fingerprint density at radius 3 is 3.28 bits per heavy atom. The number of aromatic nitrogens is 1. The first-order valence-corrected chi connectivity index (χ1v) is 6.55. The van der Waals surface area contributed by atoms with Crippen LogP contribution in [0.5, 0.6) is 0 Å². The summed E-state index contributed by atoms with van der Waals surface area (Å²) >= 11 is 0. The summed E-state index contributed by atoms with van der Waals surface area (Å²) in [6, 6.07) is 4.68. The smallest absolute Gasteiger partial charge is 0.225 e. The van der Waals surface area contributed by atoms with Gasteiger partial charge < -0.3 is 9.64 Å². The monoisotopic (exact) mass is 246 g/mol. The van der Waals surface area contributed by atoms with Crippen LogP contribution in [0.3, 0.4) is 0 Å². The average Bonchev–Trinajstić information content (AvgIpc) is 2.72. The third kappa shape index (κ3) is 1.81. The molecule has 4 heteroatoms. The molecule has 0 unspecified atom stereocenters. The zero-order chi connectivity index (χ0) is 12.5. The van der Waals surface area contributed by atoms with Crippen molar-refractivity contribution in [3.8, 4) is 0 Å². The number of methoxy groups -OCH3 is 1. The molecule has 1 fully saturated rings. The zero-order valence-electron chi connectivity index (χ0n) is 10.6. The molecule has 96 valence electrons. The SMILES string of the molecule is COCCC(=O)N1[C@H]2CC[C@@H]1c1cccnc1C2. The molecule has 3 rings (SSSR count). The summed E-state index contributed by atoms with van der Waals surface area (Å²) in [5.41, 5.74) is 2.43. The van der Waals surface area contributed by atoms with E-state index < -0.39 is 0 Å². The lowest BCUT2D eigenvalue weighted by atomic mass is 9.97. The van der Waals surface area contributed by atoms with Crippen molar-refractivity contribution >= 4 is 5.91 Å². The van der Waals surface area contributed by atoms with Crippen LogP contribution in [0.2, 0.25) is 0 Å². The first-order chi connectivity index (χ1) is 8.81. The fourth-order valence-corrected chi connectivity index (χ4v) is 3.23. The highest BCUT2D eigenvalue weighted by molar-refractivity contribution is 5.78. The molecule has 2 bridgehead atoms. The van der Waals surface area contributed by atoms with E-state index in [2.05, 4.69) is 16.0 Å². The summed E-state index contributed by atoms with van der Waals surface area (Å²) in [5.74, 6) is 0.221. The molecule has 4 nitrogen and oxygen atoms in total. The maximum absolute atomic E-state index is 12.3. The van der Waals surface area contributed by atoms with Crippen LogP contribution in [0.4, 0.5) is 0 Å². The highest BCUT2D eigenvalue weighted by atomic mass is 16.5. The number of hydrogen-bond acceptors (Lipinski definition) is 3. The van der Waals surface area contributed by atoms with Crippen molar-refractivity contribution in [2.75, 3.05) is 13.7 Å². The molecule has 1 aromatic heterocycles. The molecular weight excluding hydrogens is 228 g/mol. The second-order valence-electron chi connectivity index (χ2n) is 5.03.